The Hall–Kier alpha value is -1.57. The normalized spacial score (nSPS) is 9.50. The fourth-order valence-electron chi connectivity index (χ4n) is 0.970. The van der Waals surface area contributed by atoms with Crippen LogP contribution >= 0.6 is 0 Å². The molecule has 0 unspecified atom stereocenters. The van der Waals surface area contributed by atoms with Crippen molar-refractivity contribution in [2.24, 2.45) is 0 Å². The number of esters is 1. The van der Waals surface area contributed by atoms with E-state index in [-0.39, 0.29) is 5.97 Å². The van der Waals surface area contributed by atoms with Crippen molar-refractivity contribution in [2.75, 3.05) is 0 Å². The number of ether oxygens (including phenoxy) is 1. The third-order valence-corrected chi connectivity index (χ3v) is 1.93. The Bertz CT molecular complexity index is 314. The summed E-state index contributed by atoms with van der Waals surface area (Å²) in [7, 11) is 0. The average Bonchev–Trinajstić information content (AvgIpc) is 2.26. The summed E-state index contributed by atoms with van der Waals surface area (Å²) >= 11 is 0. The largest absolute Gasteiger partial charge is 0.457 e. The molecule has 0 aromatic heterocycles. The Morgan fingerprint density at radius 1 is 1.36 bits per heavy atom. The van der Waals surface area contributed by atoms with Crippen LogP contribution in [0.2, 0.25) is 0 Å². The van der Waals surface area contributed by atoms with Crippen LogP contribution < -0.4 is 0 Å². The highest BCUT2D eigenvalue weighted by atomic mass is 16.5. The highest BCUT2D eigenvalue weighted by molar-refractivity contribution is 5.87. The van der Waals surface area contributed by atoms with Gasteiger partial charge in [0, 0.05) is 5.57 Å². The van der Waals surface area contributed by atoms with Gasteiger partial charge in [-0.2, -0.15) is 0 Å². The van der Waals surface area contributed by atoms with Gasteiger partial charge in [-0.1, -0.05) is 43.8 Å². The second-order valence-corrected chi connectivity index (χ2v) is 3.02. The Morgan fingerprint density at radius 2 is 2.00 bits per heavy atom. The van der Waals surface area contributed by atoms with E-state index < -0.39 is 0 Å². The third kappa shape index (κ3) is 3.05. The van der Waals surface area contributed by atoms with Crippen LogP contribution in [0.4, 0.5) is 0 Å². The lowest BCUT2D eigenvalue weighted by atomic mass is 10.2. The first-order valence-electron chi connectivity index (χ1n) is 4.63. The summed E-state index contributed by atoms with van der Waals surface area (Å²) in [6.45, 7) is 5.81. The summed E-state index contributed by atoms with van der Waals surface area (Å²) in [6, 6.07) is 9.59. The van der Waals surface area contributed by atoms with Gasteiger partial charge >= 0.3 is 5.97 Å². The van der Waals surface area contributed by atoms with Crippen molar-refractivity contribution < 1.29 is 9.53 Å². The van der Waals surface area contributed by atoms with Crippen LogP contribution in [0, 0.1) is 0 Å². The Morgan fingerprint density at radius 3 is 2.57 bits per heavy atom. The average molecular weight is 190 g/mol. The molecule has 1 aromatic rings. The van der Waals surface area contributed by atoms with Crippen molar-refractivity contribution >= 4 is 5.97 Å². The van der Waals surface area contributed by atoms with Crippen LogP contribution in [0.15, 0.2) is 42.5 Å². The molecule has 1 aromatic carbocycles. The molecule has 0 aliphatic heterocycles. The predicted octanol–water partition coefficient (Wildman–Crippen LogP) is 2.70. The van der Waals surface area contributed by atoms with E-state index in [9.17, 15) is 4.79 Å². The molecule has 0 spiro atoms. The zero-order valence-electron chi connectivity index (χ0n) is 8.32. The molecule has 0 atom stereocenters. The Balaban J connectivity index is 2.42. The lowest BCUT2D eigenvalue weighted by molar-refractivity contribution is -0.140. The van der Waals surface area contributed by atoms with Crippen molar-refractivity contribution in [3.05, 3.63) is 48.0 Å². The molecular formula is C12H14O2. The van der Waals surface area contributed by atoms with Gasteiger partial charge < -0.3 is 4.74 Å². The molecule has 0 saturated carbocycles. The number of hydrogen-bond donors (Lipinski definition) is 0. The summed E-state index contributed by atoms with van der Waals surface area (Å²) in [5.74, 6) is -0.309. The van der Waals surface area contributed by atoms with Crippen molar-refractivity contribution in [1.29, 1.82) is 0 Å². The lowest BCUT2D eigenvalue weighted by Gasteiger charge is -2.04. The van der Waals surface area contributed by atoms with E-state index >= 15 is 0 Å². The first-order valence-corrected chi connectivity index (χ1v) is 4.63. The number of carbonyl (C=O) groups is 1. The fourth-order valence-corrected chi connectivity index (χ4v) is 0.970. The standard InChI is InChI=1S/C12H14O2/c1-3-10(2)12(13)14-9-11-7-5-4-6-8-11/h4-8H,2-3,9H2,1H3. The van der Waals surface area contributed by atoms with E-state index in [0.717, 1.165) is 5.56 Å². The van der Waals surface area contributed by atoms with E-state index in [0.29, 0.717) is 18.6 Å². The van der Waals surface area contributed by atoms with E-state index in [1.54, 1.807) is 0 Å². The Kier molecular flexibility index (Phi) is 3.92. The van der Waals surface area contributed by atoms with Crippen LogP contribution in [-0.4, -0.2) is 5.97 Å². The maximum Gasteiger partial charge on any atom is 0.333 e. The molecule has 0 heterocycles. The highest BCUT2D eigenvalue weighted by Gasteiger charge is 2.05. The predicted molar refractivity (Wildman–Crippen MR) is 55.7 cm³/mol. The highest BCUT2D eigenvalue weighted by Crippen LogP contribution is 2.04. The van der Waals surface area contributed by atoms with Crippen LogP contribution in [0.3, 0.4) is 0 Å². The molecule has 1 rings (SSSR count). The van der Waals surface area contributed by atoms with E-state index in [1.807, 2.05) is 37.3 Å². The summed E-state index contributed by atoms with van der Waals surface area (Å²) < 4.78 is 5.04. The minimum Gasteiger partial charge on any atom is -0.457 e. The van der Waals surface area contributed by atoms with Crippen molar-refractivity contribution in [1.82, 2.24) is 0 Å². The topological polar surface area (TPSA) is 26.3 Å². The summed E-state index contributed by atoms with van der Waals surface area (Å²) in [5, 5.41) is 0. The maximum absolute atomic E-state index is 11.2. The van der Waals surface area contributed by atoms with Gasteiger partial charge in [-0.15, -0.1) is 0 Å². The summed E-state index contributed by atoms with van der Waals surface area (Å²) in [5.41, 5.74) is 1.51. The second-order valence-electron chi connectivity index (χ2n) is 3.02. The first-order chi connectivity index (χ1) is 6.74. The second kappa shape index (κ2) is 5.22. The Labute approximate surface area is 84.2 Å². The van der Waals surface area contributed by atoms with Crippen molar-refractivity contribution in [3.8, 4) is 0 Å². The molecule has 2 nitrogen and oxygen atoms in total. The van der Waals surface area contributed by atoms with E-state index in [4.69, 9.17) is 4.74 Å². The minimum atomic E-state index is -0.309. The van der Waals surface area contributed by atoms with Gasteiger partial charge in [0.25, 0.3) is 0 Å². The third-order valence-electron chi connectivity index (χ3n) is 1.93. The van der Waals surface area contributed by atoms with Crippen molar-refractivity contribution in [2.45, 2.75) is 20.0 Å². The number of hydrogen-bond acceptors (Lipinski definition) is 2. The van der Waals surface area contributed by atoms with E-state index in [2.05, 4.69) is 6.58 Å². The van der Waals surface area contributed by atoms with Gasteiger partial charge in [-0.25, -0.2) is 4.79 Å². The maximum atomic E-state index is 11.2. The number of carbonyl (C=O) groups excluding carboxylic acids is 1. The molecule has 0 bridgehead atoms. The minimum absolute atomic E-state index is 0.309. The molecule has 0 fully saturated rings. The molecule has 0 N–H and O–H groups in total. The molecular weight excluding hydrogens is 176 g/mol. The fraction of sp³-hybridized carbons (Fsp3) is 0.250. The SMILES string of the molecule is C=C(CC)C(=O)OCc1ccccc1. The summed E-state index contributed by atoms with van der Waals surface area (Å²) in [4.78, 5) is 11.2. The van der Waals surface area contributed by atoms with Crippen LogP contribution in [0.5, 0.6) is 0 Å². The lowest BCUT2D eigenvalue weighted by Crippen LogP contribution is -2.06. The van der Waals surface area contributed by atoms with Gasteiger partial charge in [-0.3, -0.25) is 0 Å². The first kappa shape index (κ1) is 10.5. The van der Waals surface area contributed by atoms with Gasteiger partial charge in [0.2, 0.25) is 0 Å². The zero-order chi connectivity index (χ0) is 10.4. The molecule has 0 aliphatic rings. The molecule has 0 amide bonds. The van der Waals surface area contributed by atoms with Gasteiger partial charge in [0.15, 0.2) is 0 Å². The smallest absolute Gasteiger partial charge is 0.333 e. The monoisotopic (exact) mass is 190 g/mol. The van der Waals surface area contributed by atoms with Gasteiger partial charge in [-0.05, 0) is 12.0 Å². The van der Waals surface area contributed by atoms with Crippen molar-refractivity contribution in [3.63, 3.8) is 0 Å². The van der Waals surface area contributed by atoms with Gasteiger partial charge in [0.05, 0.1) is 0 Å². The molecule has 0 saturated heterocycles. The number of rotatable bonds is 4. The van der Waals surface area contributed by atoms with E-state index in [1.165, 1.54) is 0 Å². The molecule has 74 valence electrons. The van der Waals surface area contributed by atoms with Crippen LogP contribution in [0.25, 0.3) is 0 Å². The van der Waals surface area contributed by atoms with Gasteiger partial charge in [0.1, 0.15) is 6.61 Å². The molecule has 0 aliphatic carbocycles. The quantitative estimate of drug-likeness (QED) is 0.539. The zero-order valence-corrected chi connectivity index (χ0v) is 8.32. The molecule has 2 heteroatoms. The van der Waals surface area contributed by atoms with Crippen LogP contribution in [-0.2, 0) is 16.1 Å². The number of benzene rings is 1. The molecule has 14 heavy (non-hydrogen) atoms. The molecule has 0 radical (unpaired) electrons. The van der Waals surface area contributed by atoms with Crippen LogP contribution in [0.1, 0.15) is 18.9 Å². The summed E-state index contributed by atoms with van der Waals surface area (Å²) in [6.07, 6.45) is 0.633.